The van der Waals surface area contributed by atoms with Gasteiger partial charge in [-0.05, 0) is 16.0 Å². The van der Waals surface area contributed by atoms with E-state index < -0.39 is 0 Å². The maximum absolute atomic E-state index is 3.75. The zero-order valence-corrected chi connectivity index (χ0v) is 4.68. The van der Waals surface area contributed by atoms with E-state index in [4.69, 9.17) is 0 Å². The number of hydrogen-bond acceptors (Lipinski definition) is 1. The molecule has 0 aliphatic rings. The van der Waals surface area contributed by atoms with Crippen molar-refractivity contribution < 1.29 is 0 Å². The molecule has 3 heteroatoms. The van der Waals surface area contributed by atoms with E-state index >= 15 is 0 Å². The molecular formula is C3H7N2P. The lowest BCUT2D eigenvalue weighted by molar-refractivity contribution is 1.14. The molecule has 0 fully saturated rings. The Kier molecular flexibility index (Phi) is 4.59. The summed E-state index contributed by atoms with van der Waals surface area (Å²) in [5.74, 6) is 0. The molecule has 34 valence electrons. The molecule has 0 rings (SSSR count). The van der Waals surface area contributed by atoms with E-state index in [0.29, 0.717) is 0 Å². The van der Waals surface area contributed by atoms with E-state index in [1.54, 1.807) is 0 Å². The van der Waals surface area contributed by atoms with Gasteiger partial charge in [0.05, 0.1) is 0 Å². The summed E-state index contributed by atoms with van der Waals surface area (Å²) in [5, 5.41) is 0. The minimum absolute atomic E-state index is 0.800. The molecule has 0 N–H and O–H groups in total. The van der Waals surface area contributed by atoms with Gasteiger partial charge in [0.25, 0.3) is 0 Å². The highest BCUT2D eigenvalue weighted by Crippen LogP contribution is 1.67. The molecule has 0 bridgehead atoms. The van der Waals surface area contributed by atoms with Crippen LogP contribution in [0.4, 0.5) is 0 Å². The van der Waals surface area contributed by atoms with Gasteiger partial charge in [0.1, 0.15) is 6.34 Å². The monoisotopic (exact) mass is 102 g/mol. The molecule has 0 saturated heterocycles. The first kappa shape index (κ1) is 5.77. The van der Waals surface area contributed by atoms with E-state index in [1.807, 2.05) is 6.92 Å². The normalized spacial score (nSPS) is 9.50. The van der Waals surface area contributed by atoms with Crippen LogP contribution in [0.3, 0.4) is 0 Å². The number of rotatable bonds is 2. The topological polar surface area (TPSA) is 24.7 Å². The Hall–Kier alpha value is -0.230. The van der Waals surface area contributed by atoms with Gasteiger partial charge < -0.3 is 0 Å². The summed E-state index contributed by atoms with van der Waals surface area (Å²) in [6, 6.07) is 0. The molecule has 0 heterocycles. The molecule has 0 amide bonds. The molecule has 0 saturated carbocycles. The molecule has 0 spiro atoms. The molecule has 0 aliphatic heterocycles. The molecular weight excluding hydrogens is 95.0 g/mol. The lowest BCUT2D eigenvalue weighted by Crippen LogP contribution is -1.64. The Morgan fingerprint density at radius 3 is 2.67 bits per heavy atom. The van der Waals surface area contributed by atoms with Crippen molar-refractivity contribution in [3.05, 3.63) is 0 Å². The zero-order chi connectivity index (χ0) is 4.83. The summed E-state index contributed by atoms with van der Waals surface area (Å²) >= 11 is 0. The van der Waals surface area contributed by atoms with Gasteiger partial charge in [-0.1, -0.05) is 0 Å². The standard InChI is InChI=1S/C3H7N2P/c1-2-4-3-5-6/h3,6H,2H2,1H3. The summed E-state index contributed by atoms with van der Waals surface area (Å²) in [4.78, 5) is 3.75. The highest BCUT2D eigenvalue weighted by Gasteiger charge is 1.55. The highest BCUT2D eigenvalue weighted by molar-refractivity contribution is 7.04. The molecule has 0 aromatic carbocycles. The van der Waals surface area contributed by atoms with Crippen molar-refractivity contribution in [1.82, 2.24) is 0 Å². The Morgan fingerprint density at radius 2 is 2.50 bits per heavy atom. The summed E-state index contributed by atoms with van der Waals surface area (Å²) in [7, 11) is 2.87. The number of aliphatic imine (C=N–C) groups is 1. The van der Waals surface area contributed by atoms with E-state index in [2.05, 4.69) is 18.8 Å². The molecule has 0 aliphatic carbocycles. The van der Waals surface area contributed by atoms with Crippen LogP contribution < -0.4 is 0 Å². The van der Waals surface area contributed by atoms with Crippen LogP contribution >= 0.6 is 9.03 Å². The third-order valence-electron chi connectivity index (χ3n) is 0.322. The SMILES string of the molecule is CCN=CN=P. The van der Waals surface area contributed by atoms with Gasteiger partial charge in [-0.25, -0.2) is 4.74 Å². The van der Waals surface area contributed by atoms with Crippen LogP contribution in [0.5, 0.6) is 0 Å². The third-order valence-corrected chi connectivity index (χ3v) is 0.437. The van der Waals surface area contributed by atoms with Gasteiger partial charge >= 0.3 is 0 Å². The molecule has 0 radical (unpaired) electrons. The minimum atomic E-state index is 0.800. The molecule has 0 aromatic heterocycles. The van der Waals surface area contributed by atoms with Crippen LogP contribution in [0.25, 0.3) is 0 Å². The van der Waals surface area contributed by atoms with Crippen LogP contribution in [0, 0.1) is 0 Å². The van der Waals surface area contributed by atoms with E-state index in [1.165, 1.54) is 6.34 Å². The smallest absolute Gasteiger partial charge is 0.114 e. The van der Waals surface area contributed by atoms with Gasteiger partial charge in [-0.3, -0.25) is 4.99 Å². The lowest BCUT2D eigenvalue weighted by Gasteiger charge is -1.69. The van der Waals surface area contributed by atoms with Crippen molar-refractivity contribution in [1.29, 1.82) is 0 Å². The maximum Gasteiger partial charge on any atom is 0.114 e. The van der Waals surface area contributed by atoms with Crippen molar-refractivity contribution in [2.45, 2.75) is 6.92 Å². The average Bonchev–Trinajstić information content (AvgIpc) is 1.61. The predicted molar refractivity (Wildman–Crippen MR) is 29.8 cm³/mol. The van der Waals surface area contributed by atoms with Gasteiger partial charge in [-0.15, -0.1) is 0 Å². The van der Waals surface area contributed by atoms with Gasteiger partial charge in [0.15, 0.2) is 0 Å². The average molecular weight is 102 g/mol. The third kappa shape index (κ3) is 3.77. The van der Waals surface area contributed by atoms with Crippen molar-refractivity contribution >= 4 is 15.4 Å². The maximum atomic E-state index is 3.75. The summed E-state index contributed by atoms with van der Waals surface area (Å²) < 4.78 is 3.44. The predicted octanol–water partition coefficient (Wildman–Crippen LogP) is 1.36. The first-order valence-electron chi connectivity index (χ1n) is 1.76. The number of hydrogen-bond donors (Lipinski definition) is 0. The van der Waals surface area contributed by atoms with Gasteiger partial charge in [0, 0.05) is 6.54 Å². The largest absolute Gasteiger partial charge is 0.273 e. The van der Waals surface area contributed by atoms with Crippen molar-refractivity contribution in [3.63, 3.8) is 0 Å². The van der Waals surface area contributed by atoms with E-state index in [0.717, 1.165) is 6.54 Å². The fourth-order valence-electron chi connectivity index (χ4n) is 0.122. The molecule has 6 heavy (non-hydrogen) atoms. The fraction of sp³-hybridized carbons (Fsp3) is 0.667. The van der Waals surface area contributed by atoms with Crippen LogP contribution in [0.15, 0.2) is 9.74 Å². The first-order chi connectivity index (χ1) is 2.91. The fourth-order valence-corrected chi connectivity index (χ4v) is 0.204. The summed E-state index contributed by atoms with van der Waals surface area (Å²) in [6.07, 6.45) is 1.47. The molecule has 0 atom stereocenters. The van der Waals surface area contributed by atoms with Crippen LogP contribution in [0.2, 0.25) is 0 Å². The second-order valence-corrected chi connectivity index (χ2v) is 1.00. The summed E-state index contributed by atoms with van der Waals surface area (Å²) in [5.41, 5.74) is 0. The first-order valence-corrected chi connectivity index (χ1v) is 2.21. The second kappa shape index (κ2) is 4.77. The van der Waals surface area contributed by atoms with Crippen LogP contribution in [0.1, 0.15) is 6.92 Å². The Labute approximate surface area is 39.6 Å². The van der Waals surface area contributed by atoms with Crippen molar-refractivity contribution in [3.8, 4) is 0 Å². The van der Waals surface area contributed by atoms with Gasteiger partial charge in [0.2, 0.25) is 0 Å². The number of nitrogens with zero attached hydrogens (tertiary/aromatic N) is 2. The second-order valence-electron chi connectivity index (χ2n) is 0.743. The van der Waals surface area contributed by atoms with Crippen LogP contribution in [-0.2, 0) is 0 Å². The van der Waals surface area contributed by atoms with Crippen molar-refractivity contribution in [2.75, 3.05) is 6.54 Å². The molecule has 2 nitrogen and oxygen atoms in total. The zero-order valence-electron chi connectivity index (χ0n) is 3.68. The Morgan fingerprint density at radius 1 is 1.83 bits per heavy atom. The quantitative estimate of drug-likeness (QED) is 0.285. The van der Waals surface area contributed by atoms with Gasteiger partial charge in [-0.2, -0.15) is 0 Å². The van der Waals surface area contributed by atoms with Crippen molar-refractivity contribution in [2.24, 2.45) is 9.74 Å². The highest BCUT2D eigenvalue weighted by atomic mass is 31.0. The Balaban J connectivity index is 2.94. The van der Waals surface area contributed by atoms with E-state index in [9.17, 15) is 0 Å². The molecule has 0 aromatic rings. The van der Waals surface area contributed by atoms with E-state index in [-0.39, 0.29) is 0 Å². The summed E-state index contributed by atoms with van der Waals surface area (Å²) in [6.45, 7) is 2.75. The minimum Gasteiger partial charge on any atom is -0.273 e. The Bertz CT molecular complexity index is 59.8. The van der Waals surface area contributed by atoms with Crippen LogP contribution in [-0.4, -0.2) is 12.9 Å². The lowest BCUT2D eigenvalue weighted by atomic mass is 10.8. The molecule has 0 unspecified atom stereocenters.